The molecule has 4 heterocycles. The van der Waals surface area contributed by atoms with E-state index < -0.39 is 0 Å². The lowest BCUT2D eigenvalue weighted by atomic mass is 9.92. The highest BCUT2D eigenvalue weighted by Gasteiger charge is 2.34. The van der Waals surface area contributed by atoms with Gasteiger partial charge in [-0.3, -0.25) is 9.59 Å². The standard InChI is InChI=1S/C26H33FN4O3/c27-22-4-1-2-5-23(22)29-15-17-31(18-16-29)25(32)20-7-11-28(12-8-20)21-9-13-30(14-10-21)26(33)24-6-3-19-34-24/h1-6,19-21H,7-18H2. The molecule has 2 amide bonds. The molecule has 0 spiro atoms. The SMILES string of the molecule is O=C(c1ccco1)N1CCC(N2CCC(C(=O)N3CCN(c4ccccc4F)CC3)CC2)CC1. The van der Waals surface area contributed by atoms with E-state index in [0.29, 0.717) is 43.7 Å². The average molecular weight is 469 g/mol. The Kier molecular flexibility index (Phi) is 6.85. The molecule has 0 saturated carbocycles. The second kappa shape index (κ2) is 10.2. The maximum atomic E-state index is 14.1. The summed E-state index contributed by atoms with van der Waals surface area (Å²) in [6, 6.07) is 10.8. The molecule has 182 valence electrons. The summed E-state index contributed by atoms with van der Waals surface area (Å²) in [6.07, 6.45) is 5.23. The van der Waals surface area contributed by atoms with Gasteiger partial charge in [0.05, 0.1) is 12.0 Å². The van der Waals surface area contributed by atoms with E-state index in [1.807, 2.05) is 20.8 Å². The van der Waals surface area contributed by atoms with Gasteiger partial charge < -0.3 is 24.0 Å². The molecule has 0 unspecified atom stereocenters. The first-order chi connectivity index (χ1) is 16.6. The number of likely N-dealkylation sites (tertiary alicyclic amines) is 2. The van der Waals surface area contributed by atoms with Crippen molar-refractivity contribution < 1.29 is 18.4 Å². The summed E-state index contributed by atoms with van der Waals surface area (Å²) in [5, 5.41) is 0. The normalized spacial score (nSPS) is 21.1. The molecule has 3 aliphatic rings. The number of amides is 2. The van der Waals surface area contributed by atoms with E-state index in [1.165, 1.54) is 12.3 Å². The molecule has 0 aliphatic carbocycles. The Morgan fingerprint density at radius 2 is 1.50 bits per heavy atom. The van der Waals surface area contributed by atoms with Crippen LogP contribution in [0.25, 0.3) is 0 Å². The fourth-order valence-corrected chi connectivity index (χ4v) is 5.64. The van der Waals surface area contributed by atoms with Crippen molar-refractivity contribution in [1.29, 1.82) is 0 Å². The molecule has 5 rings (SSSR count). The monoisotopic (exact) mass is 468 g/mol. The molecular weight excluding hydrogens is 435 g/mol. The number of piperazine rings is 1. The zero-order valence-electron chi connectivity index (χ0n) is 19.6. The Balaban J connectivity index is 1.06. The Hall–Kier alpha value is -2.87. The Labute approximate surface area is 200 Å². The van der Waals surface area contributed by atoms with Crippen LogP contribution in [0.3, 0.4) is 0 Å². The van der Waals surface area contributed by atoms with Gasteiger partial charge in [0.15, 0.2) is 5.76 Å². The first kappa shape index (κ1) is 22.9. The number of nitrogens with zero attached hydrogens (tertiary/aromatic N) is 4. The average Bonchev–Trinajstić information content (AvgIpc) is 3.44. The second-order valence-electron chi connectivity index (χ2n) is 9.57. The van der Waals surface area contributed by atoms with Crippen molar-refractivity contribution in [3.8, 4) is 0 Å². The third-order valence-electron chi connectivity index (χ3n) is 7.66. The van der Waals surface area contributed by atoms with Crippen LogP contribution in [0, 0.1) is 11.7 Å². The van der Waals surface area contributed by atoms with Gasteiger partial charge in [-0.2, -0.15) is 0 Å². The van der Waals surface area contributed by atoms with Crippen LogP contribution in [0.5, 0.6) is 0 Å². The molecule has 7 nitrogen and oxygen atoms in total. The zero-order valence-corrected chi connectivity index (χ0v) is 19.6. The minimum absolute atomic E-state index is 0.0251. The van der Waals surface area contributed by atoms with Crippen LogP contribution in [0.4, 0.5) is 10.1 Å². The summed E-state index contributed by atoms with van der Waals surface area (Å²) in [7, 11) is 0. The van der Waals surface area contributed by atoms with Crippen molar-refractivity contribution in [3.63, 3.8) is 0 Å². The number of benzene rings is 1. The number of carbonyl (C=O) groups is 2. The molecule has 0 N–H and O–H groups in total. The minimum atomic E-state index is -0.203. The second-order valence-corrected chi connectivity index (χ2v) is 9.57. The fraction of sp³-hybridized carbons (Fsp3) is 0.538. The minimum Gasteiger partial charge on any atom is -0.459 e. The Morgan fingerprint density at radius 3 is 2.15 bits per heavy atom. The molecule has 2 aromatic rings. The van der Waals surface area contributed by atoms with E-state index in [9.17, 15) is 14.0 Å². The van der Waals surface area contributed by atoms with Crippen LogP contribution in [-0.2, 0) is 4.79 Å². The molecular formula is C26H33FN4O3. The van der Waals surface area contributed by atoms with Gasteiger partial charge in [-0.15, -0.1) is 0 Å². The quantitative estimate of drug-likeness (QED) is 0.690. The van der Waals surface area contributed by atoms with E-state index in [-0.39, 0.29) is 23.5 Å². The Bertz CT molecular complexity index is 974. The van der Waals surface area contributed by atoms with Gasteiger partial charge in [0.2, 0.25) is 5.91 Å². The van der Waals surface area contributed by atoms with Crippen LogP contribution >= 0.6 is 0 Å². The van der Waals surface area contributed by atoms with Crippen LogP contribution in [-0.4, -0.2) is 84.9 Å². The molecule has 8 heteroatoms. The Morgan fingerprint density at radius 1 is 0.794 bits per heavy atom. The van der Waals surface area contributed by atoms with Crippen molar-refractivity contribution in [2.45, 2.75) is 31.7 Å². The highest BCUT2D eigenvalue weighted by Crippen LogP contribution is 2.27. The lowest BCUT2D eigenvalue weighted by molar-refractivity contribution is -0.137. The summed E-state index contributed by atoms with van der Waals surface area (Å²) in [5.41, 5.74) is 0.625. The third-order valence-corrected chi connectivity index (χ3v) is 7.66. The van der Waals surface area contributed by atoms with Gasteiger partial charge in [-0.1, -0.05) is 12.1 Å². The van der Waals surface area contributed by atoms with Crippen molar-refractivity contribution in [1.82, 2.24) is 14.7 Å². The molecule has 0 atom stereocenters. The summed E-state index contributed by atoms with van der Waals surface area (Å²) in [5.74, 6) is 0.518. The van der Waals surface area contributed by atoms with Crippen LogP contribution < -0.4 is 4.90 Å². The van der Waals surface area contributed by atoms with Crippen LogP contribution in [0.1, 0.15) is 36.2 Å². The zero-order chi connectivity index (χ0) is 23.5. The van der Waals surface area contributed by atoms with E-state index in [2.05, 4.69) is 4.90 Å². The summed E-state index contributed by atoms with van der Waals surface area (Å²) in [6.45, 7) is 5.99. The maximum Gasteiger partial charge on any atom is 0.289 e. The van der Waals surface area contributed by atoms with Gasteiger partial charge in [-0.25, -0.2) is 4.39 Å². The predicted molar refractivity (Wildman–Crippen MR) is 127 cm³/mol. The van der Waals surface area contributed by atoms with E-state index in [0.717, 1.165) is 51.9 Å². The molecule has 3 fully saturated rings. The van der Waals surface area contributed by atoms with Gasteiger partial charge >= 0.3 is 0 Å². The molecule has 1 aromatic heterocycles. The predicted octanol–water partition coefficient (Wildman–Crippen LogP) is 3.08. The number of para-hydroxylation sites is 1. The highest BCUT2D eigenvalue weighted by molar-refractivity contribution is 5.91. The van der Waals surface area contributed by atoms with Crippen molar-refractivity contribution in [3.05, 3.63) is 54.2 Å². The largest absolute Gasteiger partial charge is 0.459 e. The summed E-state index contributed by atoms with van der Waals surface area (Å²) < 4.78 is 19.3. The first-order valence-corrected chi connectivity index (χ1v) is 12.5. The first-order valence-electron chi connectivity index (χ1n) is 12.5. The highest BCUT2D eigenvalue weighted by atomic mass is 19.1. The lowest BCUT2D eigenvalue weighted by Gasteiger charge is -2.43. The molecule has 3 aliphatic heterocycles. The van der Waals surface area contributed by atoms with Crippen molar-refractivity contribution >= 4 is 17.5 Å². The van der Waals surface area contributed by atoms with Crippen LogP contribution in [0.2, 0.25) is 0 Å². The topological polar surface area (TPSA) is 60.2 Å². The number of piperidine rings is 2. The number of anilines is 1. The molecule has 0 bridgehead atoms. The van der Waals surface area contributed by atoms with E-state index >= 15 is 0 Å². The molecule has 0 radical (unpaired) electrons. The third kappa shape index (κ3) is 4.82. The number of hydrogen-bond donors (Lipinski definition) is 0. The number of rotatable bonds is 4. The van der Waals surface area contributed by atoms with Gasteiger partial charge in [0.25, 0.3) is 5.91 Å². The van der Waals surface area contributed by atoms with Gasteiger partial charge in [0.1, 0.15) is 5.82 Å². The van der Waals surface area contributed by atoms with E-state index in [1.54, 1.807) is 24.3 Å². The molecule has 3 saturated heterocycles. The van der Waals surface area contributed by atoms with Gasteiger partial charge in [-0.05, 0) is 63.0 Å². The summed E-state index contributed by atoms with van der Waals surface area (Å²) in [4.78, 5) is 34.0. The van der Waals surface area contributed by atoms with Gasteiger partial charge in [0, 0.05) is 51.2 Å². The number of halogens is 1. The number of carbonyl (C=O) groups excluding carboxylic acids is 2. The smallest absolute Gasteiger partial charge is 0.289 e. The number of furan rings is 1. The summed E-state index contributed by atoms with van der Waals surface area (Å²) >= 11 is 0. The van der Waals surface area contributed by atoms with Crippen LogP contribution in [0.15, 0.2) is 47.1 Å². The lowest BCUT2D eigenvalue weighted by Crippen LogP contribution is -2.53. The number of hydrogen-bond acceptors (Lipinski definition) is 5. The van der Waals surface area contributed by atoms with Crippen molar-refractivity contribution in [2.75, 3.05) is 57.3 Å². The molecule has 34 heavy (non-hydrogen) atoms. The molecule has 1 aromatic carbocycles. The fourth-order valence-electron chi connectivity index (χ4n) is 5.64. The van der Waals surface area contributed by atoms with E-state index in [4.69, 9.17) is 4.42 Å². The maximum absolute atomic E-state index is 14.1. The van der Waals surface area contributed by atoms with Crippen molar-refractivity contribution in [2.24, 2.45) is 5.92 Å².